The number of nitrogen functional groups attached to an aromatic ring is 1. The standard InChI is InChI=1S/C13H17N5OS/c1-3-9-6-16-13(20-9)8(2)17-12(19)10-7-15-5-4-11(10)18-14/h4-8H,3,14H2,1-2H3,(H,15,18)(H,17,19). The van der Waals surface area contributed by atoms with Crippen LogP contribution in [0.4, 0.5) is 5.69 Å². The second kappa shape index (κ2) is 6.44. The molecule has 20 heavy (non-hydrogen) atoms. The summed E-state index contributed by atoms with van der Waals surface area (Å²) in [5.41, 5.74) is 3.44. The molecule has 0 radical (unpaired) electrons. The number of rotatable bonds is 5. The van der Waals surface area contributed by atoms with Gasteiger partial charge < -0.3 is 10.7 Å². The van der Waals surface area contributed by atoms with E-state index in [0.29, 0.717) is 11.3 Å². The van der Waals surface area contributed by atoms with Crippen LogP contribution >= 0.6 is 11.3 Å². The molecular formula is C13H17N5OS. The van der Waals surface area contributed by atoms with E-state index in [0.717, 1.165) is 11.4 Å². The van der Waals surface area contributed by atoms with Crippen molar-refractivity contribution < 1.29 is 4.79 Å². The summed E-state index contributed by atoms with van der Waals surface area (Å²) in [5.74, 6) is 5.15. The van der Waals surface area contributed by atoms with Gasteiger partial charge in [-0.2, -0.15) is 0 Å². The van der Waals surface area contributed by atoms with Crippen LogP contribution in [0.15, 0.2) is 24.7 Å². The summed E-state index contributed by atoms with van der Waals surface area (Å²) in [6.45, 7) is 3.98. The van der Waals surface area contributed by atoms with Gasteiger partial charge in [0.25, 0.3) is 5.91 Å². The number of carbonyl (C=O) groups is 1. The summed E-state index contributed by atoms with van der Waals surface area (Å²) in [6, 6.07) is 1.50. The highest BCUT2D eigenvalue weighted by molar-refractivity contribution is 7.11. The number of anilines is 1. The molecule has 0 aliphatic carbocycles. The van der Waals surface area contributed by atoms with Crippen LogP contribution in [0.2, 0.25) is 0 Å². The monoisotopic (exact) mass is 291 g/mol. The highest BCUT2D eigenvalue weighted by atomic mass is 32.1. The van der Waals surface area contributed by atoms with Gasteiger partial charge in [-0.3, -0.25) is 15.6 Å². The smallest absolute Gasteiger partial charge is 0.255 e. The predicted molar refractivity (Wildman–Crippen MR) is 79.4 cm³/mol. The van der Waals surface area contributed by atoms with Gasteiger partial charge in [-0.25, -0.2) is 4.98 Å². The maximum Gasteiger partial charge on any atom is 0.255 e. The molecule has 0 saturated carbocycles. The Hall–Kier alpha value is -1.99. The Labute approximate surface area is 121 Å². The van der Waals surface area contributed by atoms with E-state index in [1.165, 1.54) is 11.1 Å². The van der Waals surface area contributed by atoms with Crippen molar-refractivity contribution >= 4 is 22.9 Å². The van der Waals surface area contributed by atoms with E-state index in [9.17, 15) is 4.79 Å². The summed E-state index contributed by atoms with van der Waals surface area (Å²) in [7, 11) is 0. The minimum absolute atomic E-state index is 0.154. The van der Waals surface area contributed by atoms with Crippen molar-refractivity contribution in [2.45, 2.75) is 26.3 Å². The third-order valence-corrected chi connectivity index (χ3v) is 4.18. The molecule has 2 aromatic rings. The van der Waals surface area contributed by atoms with Crippen LogP contribution < -0.4 is 16.6 Å². The van der Waals surface area contributed by atoms with Gasteiger partial charge in [-0.15, -0.1) is 11.3 Å². The summed E-state index contributed by atoms with van der Waals surface area (Å²) < 4.78 is 0. The Morgan fingerprint density at radius 1 is 1.50 bits per heavy atom. The minimum Gasteiger partial charge on any atom is -0.343 e. The average Bonchev–Trinajstić information content (AvgIpc) is 2.96. The molecule has 2 rings (SSSR count). The Morgan fingerprint density at radius 2 is 2.30 bits per heavy atom. The number of amides is 1. The molecule has 7 heteroatoms. The molecule has 4 N–H and O–H groups in total. The number of nitrogens with two attached hydrogens (primary N) is 1. The summed E-state index contributed by atoms with van der Waals surface area (Å²) >= 11 is 1.61. The number of aryl methyl sites for hydroxylation is 1. The summed E-state index contributed by atoms with van der Waals surface area (Å²) in [4.78, 5) is 21.7. The molecule has 1 unspecified atom stereocenters. The van der Waals surface area contributed by atoms with Gasteiger partial charge in [-0.05, 0) is 19.4 Å². The van der Waals surface area contributed by atoms with Crippen molar-refractivity contribution in [3.8, 4) is 0 Å². The lowest BCUT2D eigenvalue weighted by Crippen LogP contribution is -2.28. The van der Waals surface area contributed by atoms with Crippen molar-refractivity contribution in [2.75, 3.05) is 5.43 Å². The number of aromatic nitrogens is 2. The van der Waals surface area contributed by atoms with Gasteiger partial charge >= 0.3 is 0 Å². The van der Waals surface area contributed by atoms with Crippen LogP contribution in [0.3, 0.4) is 0 Å². The van der Waals surface area contributed by atoms with E-state index in [1.807, 2.05) is 13.1 Å². The second-order valence-electron chi connectivity index (χ2n) is 4.28. The van der Waals surface area contributed by atoms with Crippen LogP contribution in [0.25, 0.3) is 0 Å². The molecule has 2 heterocycles. The highest BCUT2D eigenvalue weighted by Gasteiger charge is 2.16. The van der Waals surface area contributed by atoms with Gasteiger partial charge in [0.1, 0.15) is 5.01 Å². The van der Waals surface area contributed by atoms with Crippen molar-refractivity contribution in [3.63, 3.8) is 0 Å². The topological polar surface area (TPSA) is 92.9 Å². The fourth-order valence-electron chi connectivity index (χ4n) is 1.72. The first-order valence-corrected chi connectivity index (χ1v) is 7.13. The normalized spacial score (nSPS) is 11.9. The first kappa shape index (κ1) is 14.4. The Balaban J connectivity index is 2.10. The van der Waals surface area contributed by atoms with Crippen molar-refractivity contribution in [1.82, 2.24) is 15.3 Å². The van der Waals surface area contributed by atoms with Crippen LogP contribution in [-0.2, 0) is 6.42 Å². The first-order valence-electron chi connectivity index (χ1n) is 6.31. The fourth-order valence-corrected chi connectivity index (χ4v) is 2.58. The number of nitrogens with zero attached hydrogens (tertiary/aromatic N) is 2. The molecule has 0 aromatic carbocycles. The largest absolute Gasteiger partial charge is 0.343 e. The maximum atomic E-state index is 12.2. The Morgan fingerprint density at radius 3 is 2.95 bits per heavy atom. The number of hydrogen-bond acceptors (Lipinski definition) is 6. The molecule has 1 amide bonds. The number of hydrogen-bond donors (Lipinski definition) is 3. The highest BCUT2D eigenvalue weighted by Crippen LogP contribution is 2.21. The lowest BCUT2D eigenvalue weighted by molar-refractivity contribution is 0.0940. The third kappa shape index (κ3) is 3.12. The van der Waals surface area contributed by atoms with E-state index < -0.39 is 0 Å². The van der Waals surface area contributed by atoms with Crippen LogP contribution in [0.1, 0.15) is 40.1 Å². The molecule has 0 fully saturated rings. The third-order valence-electron chi connectivity index (χ3n) is 2.86. The van der Waals surface area contributed by atoms with Gasteiger partial charge in [0.15, 0.2) is 0 Å². The number of pyridine rings is 1. The Bertz CT molecular complexity index is 598. The van der Waals surface area contributed by atoms with Crippen LogP contribution in [0, 0.1) is 0 Å². The first-order chi connectivity index (χ1) is 9.65. The minimum atomic E-state index is -0.230. The van der Waals surface area contributed by atoms with E-state index >= 15 is 0 Å². The molecule has 0 aliphatic rings. The number of nitrogens with one attached hydrogen (secondary N) is 2. The van der Waals surface area contributed by atoms with Gasteiger partial charge in [0, 0.05) is 23.5 Å². The molecule has 1 atom stereocenters. The molecule has 0 bridgehead atoms. The van der Waals surface area contributed by atoms with E-state index in [1.54, 1.807) is 23.6 Å². The SMILES string of the molecule is CCc1cnc(C(C)NC(=O)c2cnccc2NN)s1. The van der Waals surface area contributed by atoms with Crippen LogP contribution in [-0.4, -0.2) is 15.9 Å². The van der Waals surface area contributed by atoms with E-state index in [2.05, 4.69) is 27.6 Å². The van der Waals surface area contributed by atoms with Gasteiger partial charge in [0.05, 0.1) is 17.3 Å². The zero-order valence-electron chi connectivity index (χ0n) is 11.4. The van der Waals surface area contributed by atoms with Crippen molar-refractivity contribution in [3.05, 3.63) is 40.1 Å². The zero-order valence-corrected chi connectivity index (χ0v) is 12.2. The predicted octanol–water partition coefficient (Wildman–Crippen LogP) is 1.88. The van der Waals surface area contributed by atoms with Crippen molar-refractivity contribution in [2.24, 2.45) is 5.84 Å². The number of carbonyl (C=O) groups excluding carboxylic acids is 1. The fraction of sp³-hybridized carbons (Fsp3) is 0.308. The molecular weight excluding hydrogens is 274 g/mol. The van der Waals surface area contributed by atoms with Gasteiger partial charge in [0.2, 0.25) is 0 Å². The van der Waals surface area contributed by atoms with Gasteiger partial charge in [-0.1, -0.05) is 6.92 Å². The number of thiazole rings is 1. The van der Waals surface area contributed by atoms with E-state index in [-0.39, 0.29) is 11.9 Å². The molecule has 6 nitrogen and oxygen atoms in total. The van der Waals surface area contributed by atoms with Crippen LogP contribution in [0.5, 0.6) is 0 Å². The molecule has 0 aliphatic heterocycles. The second-order valence-corrected chi connectivity index (χ2v) is 5.43. The maximum absolute atomic E-state index is 12.2. The lowest BCUT2D eigenvalue weighted by Gasteiger charge is -2.13. The summed E-state index contributed by atoms with van der Waals surface area (Å²) in [6.07, 6.45) is 5.85. The molecule has 0 spiro atoms. The summed E-state index contributed by atoms with van der Waals surface area (Å²) in [5, 5.41) is 3.79. The average molecular weight is 291 g/mol. The van der Waals surface area contributed by atoms with Crippen molar-refractivity contribution in [1.29, 1.82) is 0 Å². The zero-order chi connectivity index (χ0) is 14.5. The number of hydrazine groups is 1. The Kier molecular flexibility index (Phi) is 4.65. The molecule has 0 saturated heterocycles. The molecule has 2 aromatic heterocycles. The van der Waals surface area contributed by atoms with E-state index in [4.69, 9.17) is 5.84 Å². The quantitative estimate of drug-likeness (QED) is 0.577. The lowest BCUT2D eigenvalue weighted by atomic mass is 10.2. The molecule has 106 valence electrons.